The number of alkyl carbamates (subject to hydrolysis) is 1. The van der Waals surface area contributed by atoms with Crippen molar-refractivity contribution in [2.75, 3.05) is 0 Å². The summed E-state index contributed by atoms with van der Waals surface area (Å²) in [5.74, 6) is -0.714. The highest BCUT2D eigenvalue weighted by Crippen LogP contribution is 2.54. The van der Waals surface area contributed by atoms with Gasteiger partial charge in [0.2, 0.25) is 0 Å². The number of para-hydroxylation sites is 2. The first kappa shape index (κ1) is 17.2. The van der Waals surface area contributed by atoms with Crippen molar-refractivity contribution >= 4 is 61.5 Å². The van der Waals surface area contributed by atoms with E-state index < -0.39 is 6.09 Å². The standard InChI is InChI=1S/C26H16N4O4/c31-24-18-16-10-5-1-3-7-12(10)29-14-9-15(23-20(14)27-26(33)34-23)30-13-8-4-2-6-11(13)17(22(30)21(16)29)19(18)25(32)28-24/h1-8,14-15,20,23H,9H2,(H,27,33)(H,28,31,32)/t14?,15?,20?,23-/m1/s1. The Morgan fingerprint density at radius 2 is 1.32 bits per heavy atom. The van der Waals surface area contributed by atoms with Gasteiger partial charge in [-0.1, -0.05) is 36.4 Å². The fourth-order valence-corrected chi connectivity index (χ4v) is 7.25. The predicted octanol–water partition coefficient (Wildman–Crippen LogP) is 3.76. The minimum Gasteiger partial charge on any atom is -0.442 e. The second-order valence-corrected chi connectivity index (χ2v) is 9.67. The highest BCUT2D eigenvalue weighted by Gasteiger charge is 2.55. The van der Waals surface area contributed by atoms with Crippen molar-refractivity contribution in [2.24, 2.45) is 0 Å². The molecule has 0 spiro atoms. The van der Waals surface area contributed by atoms with Crippen LogP contribution in [-0.2, 0) is 4.74 Å². The third-order valence-corrected chi connectivity index (χ3v) is 8.30. The number of carbonyl (C=O) groups excluding carboxylic acids is 3. The van der Waals surface area contributed by atoms with E-state index in [1.807, 2.05) is 42.5 Å². The minimum absolute atomic E-state index is 0.0380. The van der Waals surface area contributed by atoms with E-state index in [4.69, 9.17) is 4.74 Å². The van der Waals surface area contributed by atoms with Crippen LogP contribution in [0.5, 0.6) is 0 Å². The Morgan fingerprint density at radius 3 is 1.94 bits per heavy atom. The topological polar surface area (TPSA) is 94.4 Å². The molecular weight excluding hydrogens is 432 g/mol. The summed E-state index contributed by atoms with van der Waals surface area (Å²) in [5.41, 5.74) is 4.75. The van der Waals surface area contributed by atoms with Crippen molar-refractivity contribution < 1.29 is 19.1 Å². The van der Waals surface area contributed by atoms with Gasteiger partial charge in [0.15, 0.2) is 0 Å². The Hall–Kier alpha value is -4.33. The van der Waals surface area contributed by atoms with Gasteiger partial charge in [-0.25, -0.2) is 4.79 Å². The molecule has 3 amide bonds. The van der Waals surface area contributed by atoms with E-state index in [-0.39, 0.29) is 36.0 Å². The molecule has 2 bridgehead atoms. The number of benzene rings is 3. The summed E-state index contributed by atoms with van der Waals surface area (Å²) >= 11 is 0. The monoisotopic (exact) mass is 448 g/mol. The van der Waals surface area contributed by atoms with Crippen molar-refractivity contribution in [1.29, 1.82) is 0 Å². The average Bonchev–Trinajstić information content (AvgIpc) is 3.58. The minimum atomic E-state index is -0.395. The molecule has 2 aromatic heterocycles. The SMILES string of the molecule is O=C1NC2C3CC([C@H]2O1)n1c2ccccc2c2c4c(c5c6ccccc6n3c5c21)C(=O)NC4=O. The molecule has 8 nitrogen and oxygen atoms in total. The molecule has 5 heterocycles. The third-order valence-electron chi connectivity index (χ3n) is 8.30. The van der Waals surface area contributed by atoms with Gasteiger partial charge in [-0.15, -0.1) is 0 Å². The number of nitrogens with zero attached hydrogens (tertiary/aromatic N) is 2. The number of nitrogens with one attached hydrogen (secondary N) is 2. The van der Waals surface area contributed by atoms with Crippen LogP contribution in [0, 0.1) is 0 Å². The van der Waals surface area contributed by atoms with E-state index in [1.54, 1.807) is 0 Å². The van der Waals surface area contributed by atoms with E-state index >= 15 is 0 Å². The zero-order valence-electron chi connectivity index (χ0n) is 17.7. The Labute approximate surface area is 191 Å². The lowest BCUT2D eigenvalue weighted by atomic mass is 9.96. The smallest absolute Gasteiger partial charge is 0.407 e. The third kappa shape index (κ3) is 1.64. The predicted molar refractivity (Wildman–Crippen MR) is 124 cm³/mol. The molecule has 4 aliphatic rings. The first-order chi connectivity index (χ1) is 16.6. The molecule has 34 heavy (non-hydrogen) atoms. The fraction of sp³-hybridized carbons (Fsp3) is 0.192. The summed E-state index contributed by atoms with van der Waals surface area (Å²) in [6.45, 7) is 0. The van der Waals surface area contributed by atoms with Crippen molar-refractivity contribution in [2.45, 2.75) is 30.7 Å². The van der Waals surface area contributed by atoms with Gasteiger partial charge in [-0.2, -0.15) is 0 Å². The zero-order valence-corrected chi connectivity index (χ0v) is 17.7. The second-order valence-electron chi connectivity index (χ2n) is 9.67. The molecule has 3 aliphatic heterocycles. The van der Waals surface area contributed by atoms with E-state index in [2.05, 4.69) is 25.8 Å². The number of aromatic nitrogens is 2. The summed E-state index contributed by atoms with van der Waals surface area (Å²) in [6, 6.07) is 15.7. The van der Waals surface area contributed by atoms with E-state index in [0.29, 0.717) is 11.1 Å². The summed E-state index contributed by atoms with van der Waals surface area (Å²) in [4.78, 5) is 38.7. The maximum atomic E-state index is 13.2. The Morgan fingerprint density at radius 1 is 0.765 bits per heavy atom. The van der Waals surface area contributed by atoms with Gasteiger partial charge < -0.3 is 19.2 Å². The van der Waals surface area contributed by atoms with E-state index in [9.17, 15) is 14.4 Å². The van der Waals surface area contributed by atoms with Crippen LogP contribution < -0.4 is 10.6 Å². The van der Waals surface area contributed by atoms with Crippen molar-refractivity contribution in [3.63, 3.8) is 0 Å². The molecular formula is C26H16N4O4. The largest absolute Gasteiger partial charge is 0.442 e. The first-order valence-electron chi connectivity index (χ1n) is 11.5. The molecule has 2 fully saturated rings. The molecule has 4 atom stereocenters. The number of ether oxygens (including phenoxy) is 1. The molecule has 1 saturated carbocycles. The lowest BCUT2D eigenvalue weighted by Crippen LogP contribution is -2.36. The van der Waals surface area contributed by atoms with Gasteiger partial charge in [0, 0.05) is 32.6 Å². The van der Waals surface area contributed by atoms with E-state index in [1.165, 1.54) is 0 Å². The van der Waals surface area contributed by atoms with Gasteiger partial charge >= 0.3 is 6.09 Å². The molecule has 8 heteroatoms. The molecule has 9 rings (SSSR count). The zero-order chi connectivity index (χ0) is 22.5. The number of amides is 3. The molecule has 5 aromatic rings. The van der Waals surface area contributed by atoms with Gasteiger partial charge in [0.1, 0.15) is 6.10 Å². The Bertz CT molecular complexity index is 1730. The number of fused-ring (bicyclic) bond motifs is 11. The molecule has 3 unspecified atom stereocenters. The molecule has 1 aliphatic carbocycles. The van der Waals surface area contributed by atoms with Gasteiger partial charge in [0.25, 0.3) is 11.8 Å². The number of hydrogen-bond acceptors (Lipinski definition) is 4. The number of hydrogen-bond donors (Lipinski definition) is 2. The number of carbonyl (C=O) groups is 3. The molecule has 164 valence electrons. The quantitative estimate of drug-likeness (QED) is 0.353. The molecule has 0 radical (unpaired) electrons. The second kappa shape index (κ2) is 5.25. The average molecular weight is 448 g/mol. The van der Waals surface area contributed by atoms with Crippen LogP contribution in [0.4, 0.5) is 4.79 Å². The van der Waals surface area contributed by atoms with Gasteiger partial charge in [-0.3, -0.25) is 14.9 Å². The van der Waals surface area contributed by atoms with Gasteiger partial charge in [-0.05, 0) is 18.6 Å². The first-order valence-corrected chi connectivity index (χ1v) is 11.5. The lowest BCUT2D eigenvalue weighted by molar-refractivity contribution is 0.0880. The van der Waals surface area contributed by atoms with E-state index in [0.717, 1.165) is 50.0 Å². The fourth-order valence-electron chi connectivity index (χ4n) is 7.25. The summed E-state index contributed by atoms with van der Waals surface area (Å²) in [7, 11) is 0. The van der Waals surface area contributed by atoms with Crippen LogP contribution in [0.3, 0.4) is 0 Å². The van der Waals surface area contributed by atoms with Crippen LogP contribution in [-0.4, -0.2) is 39.2 Å². The normalized spacial score (nSPS) is 26.4. The Balaban J connectivity index is 1.65. The molecule has 2 N–H and O–H groups in total. The van der Waals surface area contributed by atoms with Crippen LogP contribution in [0.15, 0.2) is 48.5 Å². The van der Waals surface area contributed by atoms with Crippen LogP contribution in [0.1, 0.15) is 39.2 Å². The van der Waals surface area contributed by atoms with Crippen LogP contribution in [0.25, 0.3) is 43.6 Å². The van der Waals surface area contributed by atoms with Crippen molar-refractivity contribution in [1.82, 2.24) is 19.8 Å². The summed E-state index contributed by atoms with van der Waals surface area (Å²) in [5, 5.41) is 9.08. The van der Waals surface area contributed by atoms with Crippen molar-refractivity contribution in [3.8, 4) is 0 Å². The molecule has 3 aromatic carbocycles. The summed E-state index contributed by atoms with van der Waals surface area (Å²) < 4.78 is 10.4. The maximum Gasteiger partial charge on any atom is 0.407 e. The Kier molecular flexibility index (Phi) is 2.65. The van der Waals surface area contributed by atoms with Crippen LogP contribution >= 0.6 is 0 Å². The van der Waals surface area contributed by atoms with Crippen molar-refractivity contribution in [3.05, 3.63) is 59.7 Å². The maximum absolute atomic E-state index is 13.2. The highest BCUT2D eigenvalue weighted by molar-refractivity contribution is 6.39. The number of imide groups is 1. The molecule has 1 saturated heterocycles. The lowest BCUT2D eigenvalue weighted by Gasteiger charge is -2.23. The van der Waals surface area contributed by atoms with Crippen LogP contribution in [0.2, 0.25) is 0 Å². The number of rotatable bonds is 0. The summed E-state index contributed by atoms with van der Waals surface area (Å²) in [6.07, 6.45) is 0.0640. The van der Waals surface area contributed by atoms with Gasteiger partial charge in [0.05, 0.1) is 40.3 Å². The highest BCUT2D eigenvalue weighted by atomic mass is 16.6.